The van der Waals surface area contributed by atoms with Crippen molar-refractivity contribution in [3.8, 4) is 5.75 Å². The van der Waals surface area contributed by atoms with Crippen LogP contribution in [0.2, 0.25) is 0 Å². The molecule has 0 saturated carbocycles. The van der Waals surface area contributed by atoms with Gasteiger partial charge in [-0.05, 0) is 61.0 Å². The summed E-state index contributed by atoms with van der Waals surface area (Å²) in [6.07, 6.45) is 5.00. The van der Waals surface area contributed by atoms with Gasteiger partial charge in [-0.15, -0.1) is 0 Å². The van der Waals surface area contributed by atoms with Gasteiger partial charge < -0.3 is 14.5 Å². The Morgan fingerprint density at radius 2 is 1.82 bits per heavy atom. The molecule has 5 heteroatoms. The fourth-order valence-electron chi connectivity index (χ4n) is 4.23. The lowest BCUT2D eigenvalue weighted by Crippen LogP contribution is -2.50. The van der Waals surface area contributed by atoms with Gasteiger partial charge in [0, 0.05) is 18.8 Å². The Balaban J connectivity index is 1.38. The van der Waals surface area contributed by atoms with E-state index in [4.69, 9.17) is 4.74 Å². The zero-order valence-electron chi connectivity index (χ0n) is 16.5. The van der Waals surface area contributed by atoms with Gasteiger partial charge in [-0.25, -0.2) is 0 Å². The van der Waals surface area contributed by atoms with E-state index >= 15 is 0 Å². The molecule has 1 atom stereocenters. The van der Waals surface area contributed by atoms with E-state index in [9.17, 15) is 4.79 Å². The van der Waals surface area contributed by atoms with Gasteiger partial charge in [0.2, 0.25) is 0 Å². The second-order valence-electron chi connectivity index (χ2n) is 7.83. The zero-order valence-corrected chi connectivity index (χ0v) is 17.3. The van der Waals surface area contributed by atoms with E-state index in [1.165, 1.54) is 37.7 Å². The molecular weight excluding hydrogens is 368 g/mol. The number of piperidine rings is 1. The minimum absolute atomic E-state index is 0.123. The first kappa shape index (κ1) is 19.6. The summed E-state index contributed by atoms with van der Waals surface area (Å²) >= 11 is 1.99. The lowest BCUT2D eigenvalue weighted by molar-refractivity contribution is -0.135. The predicted molar refractivity (Wildman–Crippen MR) is 117 cm³/mol. The molecule has 0 aromatic heterocycles. The van der Waals surface area contributed by atoms with Gasteiger partial charge in [0.1, 0.15) is 5.75 Å². The van der Waals surface area contributed by atoms with Crippen molar-refractivity contribution in [2.45, 2.75) is 31.7 Å². The summed E-state index contributed by atoms with van der Waals surface area (Å²) in [5.41, 5.74) is 0. The van der Waals surface area contributed by atoms with Crippen molar-refractivity contribution in [2.75, 3.05) is 44.3 Å². The lowest BCUT2D eigenvalue weighted by Gasteiger charge is -2.35. The molecule has 2 aromatic carbocycles. The zero-order chi connectivity index (χ0) is 19.2. The van der Waals surface area contributed by atoms with Gasteiger partial charge in [0.25, 0.3) is 5.91 Å². The normalized spacial score (nSPS) is 21.4. The first-order valence-corrected chi connectivity index (χ1v) is 11.7. The number of ether oxygens (including phenoxy) is 1. The molecule has 4 nitrogen and oxygen atoms in total. The maximum absolute atomic E-state index is 13.0. The van der Waals surface area contributed by atoms with Crippen molar-refractivity contribution >= 4 is 28.4 Å². The maximum Gasteiger partial charge on any atom is 0.260 e. The van der Waals surface area contributed by atoms with Crippen molar-refractivity contribution in [2.24, 2.45) is 0 Å². The molecule has 0 radical (unpaired) electrons. The Kier molecular flexibility index (Phi) is 6.76. The molecule has 28 heavy (non-hydrogen) atoms. The Morgan fingerprint density at radius 1 is 1.00 bits per heavy atom. The van der Waals surface area contributed by atoms with E-state index < -0.39 is 0 Å². The first-order chi connectivity index (χ1) is 13.8. The third-order valence-corrected chi connectivity index (χ3v) is 6.96. The number of hydrogen-bond acceptors (Lipinski definition) is 4. The highest BCUT2D eigenvalue weighted by molar-refractivity contribution is 7.99. The number of rotatable bonds is 5. The third kappa shape index (κ3) is 5.00. The number of benzene rings is 2. The number of thioether (sulfide) groups is 1. The molecule has 0 spiro atoms. The molecule has 1 amide bonds. The van der Waals surface area contributed by atoms with Gasteiger partial charge in [0.15, 0.2) is 6.61 Å². The van der Waals surface area contributed by atoms with E-state index in [-0.39, 0.29) is 12.5 Å². The Hall–Kier alpha value is -1.72. The predicted octanol–water partition coefficient (Wildman–Crippen LogP) is 4.04. The number of hydrogen-bond donors (Lipinski definition) is 0. The van der Waals surface area contributed by atoms with Crippen LogP contribution in [0, 0.1) is 0 Å². The Labute approximate surface area is 172 Å². The molecule has 0 aliphatic carbocycles. The van der Waals surface area contributed by atoms with Crippen LogP contribution in [0.25, 0.3) is 10.8 Å². The summed E-state index contributed by atoms with van der Waals surface area (Å²) in [4.78, 5) is 17.7. The average molecular weight is 399 g/mol. The molecule has 2 saturated heterocycles. The Morgan fingerprint density at radius 3 is 2.68 bits per heavy atom. The molecule has 2 aliphatic heterocycles. The number of carbonyl (C=O) groups excluding carboxylic acids is 1. The molecule has 4 rings (SSSR count). The van der Waals surface area contributed by atoms with Crippen LogP contribution in [-0.4, -0.2) is 66.0 Å². The number of carbonyl (C=O) groups is 1. The molecule has 1 unspecified atom stereocenters. The summed E-state index contributed by atoms with van der Waals surface area (Å²) in [7, 11) is 0. The lowest BCUT2D eigenvalue weighted by atomic mass is 10.1. The fraction of sp³-hybridized carbons (Fsp3) is 0.522. The quantitative estimate of drug-likeness (QED) is 0.761. The van der Waals surface area contributed by atoms with E-state index in [0.717, 1.165) is 42.2 Å². The van der Waals surface area contributed by atoms with Crippen LogP contribution in [0.4, 0.5) is 0 Å². The summed E-state index contributed by atoms with van der Waals surface area (Å²) in [5, 5.41) is 2.33. The van der Waals surface area contributed by atoms with Crippen molar-refractivity contribution in [3.05, 3.63) is 42.5 Å². The van der Waals surface area contributed by atoms with Crippen molar-refractivity contribution in [1.82, 2.24) is 9.80 Å². The third-order valence-electron chi connectivity index (χ3n) is 5.76. The van der Waals surface area contributed by atoms with E-state index in [0.29, 0.717) is 6.04 Å². The summed E-state index contributed by atoms with van der Waals surface area (Å²) in [5.74, 6) is 3.07. The van der Waals surface area contributed by atoms with Gasteiger partial charge in [0.05, 0.1) is 6.04 Å². The average Bonchev–Trinajstić information content (AvgIpc) is 2.98. The molecule has 0 N–H and O–H groups in total. The second kappa shape index (κ2) is 9.66. The minimum atomic E-state index is 0.123. The number of amides is 1. The first-order valence-electron chi connectivity index (χ1n) is 10.5. The monoisotopic (exact) mass is 398 g/mol. The molecule has 0 bridgehead atoms. The summed E-state index contributed by atoms with van der Waals surface area (Å²) in [6.45, 7) is 4.34. The van der Waals surface area contributed by atoms with Gasteiger partial charge in [-0.3, -0.25) is 4.79 Å². The van der Waals surface area contributed by atoms with Crippen LogP contribution in [0.5, 0.6) is 5.75 Å². The highest BCUT2D eigenvalue weighted by atomic mass is 32.2. The highest BCUT2D eigenvalue weighted by Gasteiger charge is 2.28. The van der Waals surface area contributed by atoms with E-state index in [1.54, 1.807) is 0 Å². The highest BCUT2D eigenvalue weighted by Crippen LogP contribution is 2.22. The van der Waals surface area contributed by atoms with Crippen molar-refractivity contribution < 1.29 is 9.53 Å². The largest absolute Gasteiger partial charge is 0.484 e. The van der Waals surface area contributed by atoms with Crippen LogP contribution in [0.3, 0.4) is 0 Å². The maximum atomic E-state index is 13.0. The van der Waals surface area contributed by atoms with Crippen molar-refractivity contribution in [3.63, 3.8) is 0 Å². The molecule has 2 aromatic rings. The fourth-order valence-corrected chi connectivity index (χ4v) is 5.29. The van der Waals surface area contributed by atoms with Crippen LogP contribution in [-0.2, 0) is 4.79 Å². The van der Waals surface area contributed by atoms with Gasteiger partial charge in [-0.1, -0.05) is 36.8 Å². The minimum Gasteiger partial charge on any atom is -0.484 e. The smallest absolute Gasteiger partial charge is 0.260 e. The van der Waals surface area contributed by atoms with E-state index in [1.807, 2.05) is 36.0 Å². The second-order valence-corrected chi connectivity index (χ2v) is 8.98. The van der Waals surface area contributed by atoms with Crippen LogP contribution < -0.4 is 4.74 Å². The van der Waals surface area contributed by atoms with Crippen LogP contribution in [0.1, 0.15) is 25.7 Å². The SMILES string of the molecule is O=C(COc1ccc2ccccc2c1)N1CCCSCC1CN1CCCCC1. The number of nitrogens with zero attached hydrogens (tertiary/aromatic N) is 2. The molecule has 2 heterocycles. The summed E-state index contributed by atoms with van der Waals surface area (Å²) in [6, 6.07) is 14.6. The Bertz CT molecular complexity index is 791. The molecule has 150 valence electrons. The number of likely N-dealkylation sites (tertiary alicyclic amines) is 1. The van der Waals surface area contributed by atoms with E-state index in [2.05, 4.69) is 28.0 Å². The van der Waals surface area contributed by atoms with Gasteiger partial charge >= 0.3 is 0 Å². The molecule has 2 aliphatic rings. The van der Waals surface area contributed by atoms with Crippen molar-refractivity contribution in [1.29, 1.82) is 0 Å². The standard InChI is InChI=1S/C23H30N2O2S/c26-23(17-27-22-10-9-19-7-2-3-8-20(19)15-22)25-13-6-14-28-18-21(25)16-24-11-4-1-5-12-24/h2-3,7-10,15,21H,1,4-6,11-14,16-18H2. The molecule has 2 fully saturated rings. The van der Waals surface area contributed by atoms with Gasteiger partial charge in [-0.2, -0.15) is 11.8 Å². The summed E-state index contributed by atoms with van der Waals surface area (Å²) < 4.78 is 5.90. The van der Waals surface area contributed by atoms with Crippen LogP contribution in [0.15, 0.2) is 42.5 Å². The number of fused-ring (bicyclic) bond motifs is 1. The van der Waals surface area contributed by atoms with Crippen LogP contribution >= 0.6 is 11.8 Å². The molecular formula is C23H30N2O2S. The topological polar surface area (TPSA) is 32.8 Å².